The van der Waals surface area contributed by atoms with Gasteiger partial charge in [0.05, 0.1) is 19.6 Å². The number of fused-ring (bicyclic) bond motifs is 2. The Hall–Kier alpha value is -2.18. The van der Waals surface area contributed by atoms with E-state index in [0.717, 1.165) is 23.5 Å². The van der Waals surface area contributed by atoms with E-state index in [4.69, 9.17) is 0 Å². The Bertz CT molecular complexity index is 829. The van der Waals surface area contributed by atoms with Crippen LogP contribution < -0.4 is 0 Å². The van der Waals surface area contributed by atoms with E-state index in [-0.39, 0.29) is 28.6 Å². The monoisotopic (exact) mass is 328 g/mol. The molecule has 0 spiro atoms. The molecule has 0 bridgehead atoms. The van der Waals surface area contributed by atoms with Gasteiger partial charge in [-0.15, -0.1) is 0 Å². The summed E-state index contributed by atoms with van der Waals surface area (Å²) in [5.74, 6) is -0.558. The minimum atomic E-state index is -0.303. The van der Waals surface area contributed by atoms with Crippen molar-refractivity contribution in [2.24, 2.45) is 0 Å². The number of hydrogen-bond acceptors (Lipinski definition) is 6. The molecule has 0 saturated carbocycles. The lowest BCUT2D eigenvalue weighted by atomic mass is 10.1. The van der Waals surface area contributed by atoms with E-state index in [9.17, 15) is 19.8 Å². The van der Waals surface area contributed by atoms with Gasteiger partial charge >= 0.3 is 0 Å². The second kappa shape index (κ2) is 4.66. The summed E-state index contributed by atoms with van der Waals surface area (Å²) in [7, 11) is 0. The normalized spacial score (nSPS) is 16.2. The number of carbonyl (C=O) groups excluding carboxylic acids is 2. The summed E-state index contributed by atoms with van der Waals surface area (Å²) in [6.07, 6.45) is 0. The number of hydrogen-bond donors (Lipinski definition) is 2. The second-order valence-corrected chi connectivity index (χ2v) is 7.13. The van der Waals surface area contributed by atoms with Crippen molar-refractivity contribution in [3.63, 3.8) is 0 Å². The Morgan fingerprint density at radius 3 is 1.64 bits per heavy atom. The largest absolute Gasteiger partial charge is 0.507 e. The first kappa shape index (κ1) is 13.5. The number of thioether (sulfide) groups is 2. The van der Waals surface area contributed by atoms with Gasteiger partial charge in [0.1, 0.15) is 11.5 Å². The summed E-state index contributed by atoms with van der Waals surface area (Å²) < 4.78 is 0.498. The SMILES string of the molecule is O=C1C(=C2Sc3c(O)ccc(O)c3S2)C(=O)c2ccccc21. The fourth-order valence-corrected chi connectivity index (χ4v) is 5.09. The molecule has 4 nitrogen and oxygen atoms in total. The molecule has 0 saturated heterocycles. The van der Waals surface area contributed by atoms with Crippen molar-refractivity contribution in [1.82, 2.24) is 0 Å². The molecule has 0 fully saturated rings. The van der Waals surface area contributed by atoms with Crippen LogP contribution in [0.15, 0.2) is 56.0 Å². The molecule has 108 valence electrons. The molecule has 2 aromatic carbocycles. The molecule has 1 heterocycles. The average Bonchev–Trinajstić information content (AvgIpc) is 3.06. The summed E-state index contributed by atoms with van der Waals surface area (Å²) in [5.41, 5.74) is 0.924. The van der Waals surface area contributed by atoms with E-state index >= 15 is 0 Å². The van der Waals surface area contributed by atoms with E-state index < -0.39 is 0 Å². The van der Waals surface area contributed by atoms with Gasteiger partial charge in [-0.2, -0.15) is 0 Å². The molecule has 0 radical (unpaired) electrons. The fourth-order valence-electron chi connectivity index (χ4n) is 2.48. The van der Waals surface area contributed by atoms with Gasteiger partial charge in [0.25, 0.3) is 0 Å². The van der Waals surface area contributed by atoms with Crippen LogP contribution in [-0.2, 0) is 0 Å². The van der Waals surface area contributed by atoms with Crippen molar-refractivity contribution in [1.29, 1.82) is 0 Å². The molecule has 0 amide bonds. The van der Waals surface area contributed by atoms with Gasteiger partial charge in [0.15, 0.2) is 11.6 Å². The topological polar surface area (TPSA) is 74.6 Å². The summed E-state index contributed by atoms with van der Waals surface area (Å²) in [5, 5.41) is 19.8. The second-order valence-electron chi connectivity index (χ2n) is 4.83. The maximum Gasteiger partial charge on any atom is 0.199 e. The first-order chi connectivity index (χ1) is 10.6. The van der Waals surface area contributed by atoms with E-state index in [2.05, 4.69) is 0 Å². The molecule has 0 atom stereocenters. The van der Waals surface area contributed by atoms with E-state index in [1.165, 1.54) is 12.1 Å². The van der Waals surface area contributed by atoms with Crippen LogP contribution >= 0.6 is 23.5 Å². The van der Waals surface area contributed by atoms with E-state index in [1.54, 1.807) is 24.3 Å². The standard InChI is InChI=1S/C16H8O4S2/c17-9-5-6-10(18)15-14(9)21-16(22-15)11-12(19)7-3-1-2-4-8(7)13(11)20/h1-6,17-18H. The fraction of sp³-hybridized carbons (Fsp3) is 0. The molecular formula is C16H8O4S2. The van der Waals surface area contributed by atoms with Gasteiger partial charge in [-0.25, -0.2) is 0 Å². The first-order valence-corrected chi connectivity index (χ1v) is 8.04. The summed E-state index contributed by atoms with van der Waals surface area (Å²) >= 11 is 2.29. The Kier molecular flexibility index (Phi) is 2.85. The molecule has 6 heteroatoms. The lowest BCUT2D eigenvalue weighted by Crippen LogP contribution is -2.01. The van der Waals surface area contributed by atoms with Crippen LogP contribution in [0.25, 0.3) is 0 Å². The van der Waals surface area contributed by atoms with Crippen LogP contribution in [0.2, 0.25) is 0 Å². The molecule has 1 aliphatic heterocycles. The maximum atomic E-state index is 12.5. The van der Waals surface area contributed by atoms with Crippen LogP contribution in [0.4, 0.5) is 0 Å². The van der Waals surface area contributed by atoms with Crippen LogP contribution in [0.3, 0.4) is 0 Å². The third kappa shape index (κ3) is 1.74. The van der Waals surface area contributed by atoms with Crippen LogP contribution in [0.5, 0.6) is 11.5 Å². The predicted octanol–water partition coefficient (Wildman–Crippen LogP) is 3.59. The lowest BCUT2D eigenvalue weighted by molar-refractivity contribution is 0.0989. The lowest BCUT2D eigenvalue weighted by Gasteiger charge is -2.00. The van der Waals surface area contributed by atoms with Crippen molar-refractivity contribution in [3.05, 3.63) is 57.3 Å². The molecule has 4 rings (SSSR count). The molecular weight excluding hydrogens is 320 g/mol. The smallest absolute Gasteiger partial charge is 0.199 e. The first-order valence-electron chi connectivity index (χ1n) is 6.41. The third-order valence-corrected chi connectivity index (χ3v) is 6.18. The number of aromatic hydroxyl groups is 2. The molecule has 2 N–H and O–H groups in total. The third-order valence-electron chi connectivity index (χ3n) is 3.53. The minimum absolute atomic E-state index is 0.0244. The van der Waals surface area contributed by atoms with Gasteiger partial charge in [0.2, 0.25) is 0 Å². The molecule has 2 aliphatic rings. The number of allylic oxidation sites excluding steroid dienone is 1. The Labute approximate surface area is 133 Å². The van der Waals surface area contributed by atoms with Gasteiger partial charge in [-0.05, 0) is 12.1 Å². The number of ketones is 2. The zero-order valence-corrected chi connectivity index (χ0v) is 12.6. The van der Waals surface area contributed by atoms with Gasteiger partial charge in [0, 0.05) is 11.1 Å². The Morgan fingerprint density at radius 2 is 1.18 bits per heavy atom. The van der Waals surface area contributed by atoms with Crippen molar-refractivity contribution < 1.29 is 19.8 Å². The Morgan fingerprint density at radius 1 is 0.727 bits per heavy atom. The predicted molar refractivity (Wildman–Crippen MR) is 83.6 cm³/mol. The number of carbonyl (C=O) groups is 2. The van der Waals surface area contributed by atoms with Crippen LogP contribution in [0, 0.1) is 0 Å². The van der Waals surface area contributed by atoms with Gasteiger partial charge < -0.3 is 10.2 Å². The quantitative estimate of drug-likeness (QED) is 0.437. The highest BCUT2D eigenvalue weighted by Gasteiger charge is 2.38. The molecule has 1 aliphatic carbocycles. The number of rotatable bonds is 0. The number of phenolic OH excluding ortho intramolecular Hbond substituents is 2. The molecule has 0 unspecified atom stereocenters. The van der Waals surface area contributed by atoms with E-state index in [1.807, 2.05) is 0 Å². The number of phenols is 2. The van der Waals surface area contributed by atoms with E-state index in [0.29, 0.717) is 25.2 Å². The molecule has 2 aromatic rings. The number of benzene rings is 2. The zero-order chi connectivity index (χ0) is 15.4. The van der Waals surface area contributed by atoms with Crippen LogP contribution in [-0.4, -0.2) is 21.8 Å². The van der Waals surface area contributed by atoms with Crippen molar-refractivity contribution >= 4 is 35.1 Å². The highest BCUT2D eigenvalue weighted by atomic mass is 32.2. The van der Waals surface area contributed by atoms with Gasteiger partial charge in [-0.3, -0.25) is 9.59 Å². The number of Topliss-reactive ketones (excluding diaryl/α,β-unsaturated/α-hetero) is 2. The molecule has 22 heavy (non-hydrogen) atoms. The van der Waals surface area contributed by atoms with Gasteiger partial charge in [-0.1, -0.05) is 47.8 Å². The molecule has 0 aromatic heterocycles. The highest BCUT2D eigenvalue weighted by molar-refractivity contribution is 8.25. The maximum absolute atomic E-state index is 12.5. The average molecular weight is 328 g/mol. The highest BCUT2D eigenvalue weighted by Crippen LogP contribution is 2.59. The Balaban J connectivity index is 1.86. The van der Waals surface area contributed by atoms with Crippen molar-refractivity contribution in [3.8, 4) is 11.5 Å². The summed E-state index contributed by atoms with van der Waals surface area (Å²) in [6.45, 7) is 0. The summed E-state index contributed by atoms with van der Waals surface area (Å²) in [4.78, 5) is 25.9. The summed E-state index contributed by atoms with van der Waals surface area (Å²) in [6, 6.07) is 9.49. The zero-order valence-electron chi connectivity index (χ0n) is 11.0. The van der Waals surface area contributed by atoms with Crippen molar-refractivity contribution in [2.45, 2.75) is 9.79 Å². The minimum Gasteiger partial charge on any atom is -0.507 e. The van der Waals surface area contributed by atoms with Crippen molar-refractivity contribution in [2.75, 3.05) is 0 Å². The van der Waals surface area contributed by atoms with Crippen LogP contribution in [0.1, 0.15) is 20.7 Å².